The highest BCUT2D eigenvalue weighted by Crippen LogP contribution is 2.23. The summed E-state index contributed by atoms with van der Waals surface area (Å²) in [6, 6.07) is 5.86. The summed E-state index contributed by atoms with van der Waals surface area (Å²) >= 11 is 1.39. The minimum Gasteiger partial charge on any atom is -0.468 e. The molecular formula is C11H12N2O2S. The van der Waals surface area contributed by atoms with Gasteiger partial charge in [-0.1, -0.05) is 17.8 Å². The minimum atomic E-state index is -0.254. The molecule has 0 bridgehead atoms. The fraction of sp³-hybridized carbons (Fsp3) is 0.273. The van der Waals surface area contributed by atoms with Crippen molar-refractivity contribution in [1.29, 1.82) is 0 Å². The maximum Gasteiger partial charge on any atom is 0.318 e. The molecule has 0 saturated carbocycles. The van der Waals surface area contributed by atoms with Gasteiger partial charge in [0.2, 0.25) is 0 Å². The lowest BCUT2D eigenvalue weighted by molar-refractivity contribution is -0.139. The molecule has 16 heavy (non-hydrogen) atoms. The molecule has 5 heteroatoms. The Morgan fingerprint density at radius 3 is 3.12 bits per heavy atom. The molecule has 0 spiro atoms. The fourth-order valence-electron chi connectivity index (χ4n) is 1.38. The summed E-state index contributed by atoms with van der Waals surface area (Å²) in [5.41, 5.74) is 1.02. The van der Waals surface area contributed by atoms with Crippen LogP contribution in [0.3, 0.4) is 0 Å². The van der Waals surface area contributed by atoms with E-state index in [0.717, 1.165) is 10.7 Å². The first-order chi connectivity index (χ1) is 7.72. The van der Waals surface area contributed by atoms with Crippen molar-refractivity contribution in [3.05, 3.63) is 30.6 Å². The molecule has 4 nitrogen and oxygen atoms in total. The molecule has 0 aliphatic heterocycles. The predicted molar refractivity (Wildman–Crippen MR) is 62.5 cm³/mol. The number of esters is 1. The molecule has 0 amide bonds. The van der Waals surface area contributed by atoms with E-state index in [-0.39, 0.29) is 11.2 Å². The van der Waals surface area contributed by atoms with E-state index in [9.17, 15) is 4.79 Å². The molecule has 1 unspecified atom stereocenters. The van der Waals surface area contributed by atoms with Gasteiger partial charge in [0, 0.05) is 6.20 Å². The Labute approximate surface area is 97.6 Å². The standard InChI is InChI=1S/C11H12N2O2S/c1-8(10(14)15-2)16-11-12-7-9-5-3-4-6-13(9)11/h3-8H,1-2H3. The van der Waals surface area contributed by atoms with Crippen LogP contribution in [0.5, 0.6) is 0 Å². The largest absolute Gasteiger partial charge is 0.468 e. The van der Waals surface area contributed by atoms with E-state index < -0.39 is 0 Å². The van der Waals surface area contributed by atoms with Crippen molar-refractivity contribution in [3.8, 4) is 0 Å². The summed E-state index contributed by atoms with van der Waals surface area (Å²) in [6.07, 6.45) is 3.71. The zero-order valence-electron chi connectivity index (χ0n) is 9.08. The number of fused-ring (bicyclic) bond motifs is 1. The topological polar surface area (TPSA) is 43.6 Å². The van der Waals surface area contributed by atoms with Crippen molar-refractivity contribution in [3.63, 3.8) is 0 Å². The zero-order valence-corrected chi connectivity index (χ0v) is 9.90. The summed E-state index contributed by atoms with van der Waals surface area (Å²) in [7, 11) is 1.39. The number of carbonyl (C=O) groups excluding carboxylic acids is 1. The van der Waals surface area contributed by atoms with Crippen LogP contribution >= 0.6 is 11.8 Å². The lowest BCUT2D eigenvalue weighted by Gasteiger charge is -2.07. The quantitative estimate of drug-likeness (QED) is 0.604. The van der Waals surface area contributed by atoms with Crippen molar-refractivity contribution in [2.24, 2.45) is 0 Å². The Balaban J connectivity index is 2.24. The van der Waals surface area contributed by atoms with Gasteiger partial charge in [0.1, 0.15) is 5.25 Å². The number of rotatable bonds is 3. The second-order valence-corrected chi connectivity index (χ2v) is 4.63. The summed E-state index contributed by atoms with van der Waals surface area (Å²) in [5, 5.41) is 0.546. The van der Waals surface area contributed by atoms with Gasteiger partial charge in [-0.25, -0.2) is 4.98 Å². The van der Waals surface area contributed by atoms with Crippen LogP contribution in [-0.4, -0.2) is 27.7 Å². The monoisotopic (exact) mass is 236 g/mol. The molecule has 0 radical (unpaired) electrons. The fourth-order valence-corrected chi connectivity index (χ4v) is 2.28. The highest BCUT2D eigenvalue weighted by molar-refractivity contribution is 8.00. The molecule has 0 fully saturated rings. The summed E-state index contributed by atoms with van der Waals surface area (Å²) in [5.74, 6) is -0.238. The van der Waals surface area contributed by atoms with Crippen molar-refractivity contribution < 1.29 is 9.53 Å². The van der Waals surface area contributed by atoms with E-state index in [0.29, 0.717) is 0 Å². The molecule has 0 aliphatic carbocycles. The molecule has 2 heterocycles. The van der Waals surface area contributed by atoms with Gasteiger partial charge in [0.25, 0.3) is 0 Å². The van der Waals surface area contributed by atoms with Crippen LogP contribution in [0.1, 0.15) is 6.92 Å². The number of hydrogen-bond acceptors (Lipinski definition) is 4. The summed E-state index contributed by atoms with van der Waals surface area (Å²) in [6.45, 7) is 1.81. The van der Waals surface area contributed by atoms with Crippen molar-refractivity contribution in [2.75, 3.05) is 7.11 Å². The molecule has 0 aliphatic rings. The van der Waals surface area contributed by atoms with E-state index in [1.807, 2.05) is 28.8 Å². The van der Waals surface area contributed by atoms with Gasteiger partial charge >= 0.3 is 5.97 Å². The number of carbonyl (C=O) groups is 1. The third-order valence-electron chi connectivity index (χ3n) is 2.22. The first-order valence-electron chi connectivity index (χ1n) is 4.89. The van der Waals surface area contributed by atoms with E-state index in [1.54, 1.807) is 13.1 Å². The molecule has 0 aromatic carbocycles. The third-order valence-corrected chi connectivity index (χ3v) is 3.28. The maximum absolute atomic E-state index is 11.3. The van der Waals surface area contributed by atoms with Gasteiger partial charge in [-0.3, -0.25) is 9.20 Å². The Hall–Kier alpha value is -1.49. The normalized spacial score (nSPS) is 12.6. The lowest BCUT2D eigenvalue weighted by atomic mass is 10.4. The average molecular weight is 236 g/mol. The Bertz CT molecular complexity index is 509. The number of nitrogens with zero attached hydrogens (tertiary/aromatic N) is 2. The van der Waals surface area contributed by atoms with Gasteiger partial charge in [0.15, 0.2) is 5.16 Å². The third kappa shape index (κ3) is 2.04. The number of hydrogen-bond donors (Lipinski definition) is 0. The van der Waals surface area contributed by atoms with E-state index in [1.165, 1.54) is 18.9 Å². The van der Waals surface area contributed by atoms with Crippen molar-refractivity contribution in [1.82, 2.24) is 9.38 Å². The van der Waals surface area contributed by atoms with E-state index >= 15 is 0 Å². The Kier molecular flexibility index (Phi) is 3.14. The number of ether oxygens (including phenoxy) is 1. The smallest absolute Gasteiger partial charge is 0.318 e. The number of thioether (sulfide) groups is 1. The second-order valence-electron chi connectivity index (χ2n) is 3.32. The molecule has 84 valence electrons. The number of pyridine rings is 1. The van der Waals surface area contributed by atoms with Gasteiger partial charge in [-0.05, 0) is 19.1 Å². The summed E-state index contributed by atoms with van der Waals surface area (Å²) in [4.78, 5) is 15.6. The van der Waals surface area contributed by atoms with Gasteiger partial charge in [0.05, 0.1) is 18.8 Å². The molecule has 0 saturated heterocycles. The lowest BCUT2D eigenvalue weighted by Crippen LogP contribution is -2.15. The Morgan fingerprint density at radius 1 is 1.56 bits per heavy atom. The average Bonchev–Trinajstić information content (AvgIpc) is 2.72. The zero-order chi connectivity index (χ0) is 11.5. The van der Waals surface area contributed by atoms with Crippen LogP contribution in [0, 0.1) is 0 Å². The van der Waals surface area contributed by atoms with Gasteiger partial charge in [-0.15, -0.1) is 0 Å². The van der Waals surface area contributed by atoms with Crippen molar-refractivity contribution >= 4 is 23.2 Å². The molecule has 2 rings (SSSR count). The van der Waals surface area contributed by atoms with Gasteiger partial charge < -0.3 is 4.74 Å². The predicted octanol–water partition coefficient (Wildman–Crippen LogP) is 1.99. The Morgan fingerprint density at radius 2 is 2.38 bits per heavy atom. The number of methoxy groups -OCH3 is 1. The first kappa shape index (κ1) is 11.0. The number of aromatic nitrogens is 2. The van der Waals surface area contributed by atoms with E-state index in [2.05, 4.69) is 9.72 Å². The summed E-state index contributed by atoms with van der Waals surface area (Å²) < 4.78 is 6.62. The first-order valence-corrected chi connectivity index (χ1v) is 5.77. The van der Waals surface area contributed by atoms with Crippen molar-refractivity contribution in [2.45, 2.75) is 17.3 Å². The van der Waals surface area contributed by atoms with Crippen LogP contribution in [0.25, 0.3) is 5.52 Å². The highest BCUT2D eigenvalue weighted by Gasteiger charge is 2.17. The molecule has 1 atom stereocenters. The van der Waals surface area contributed by atoms with Gasteiger partial charge in [-0.2, -0.15) is 0 Å². The minimum absolute atomic E-state index is 0.238. The van der Waals surface area contributed by atoms with Crippen LogP contribution in [0.4, 0.5) is 0 Å². The van der Waals surface area contributed by atoms with Crippen LogP contribution in [0.2, 0.25) is 0 Å². The van der Waals surface area contributed by atoms with E-state index in [4.69, 9.17) is 0 Å². The molecular weight excluding hydrogens is 224 g/mol. The molecule has 2 aromatic rings. The highest BCUT2D eigenvalue weighted by atomic mass is 32.2. The molecule has 0 N–H and O–H groups in total. The van der Waals surface area contributed by atoms with Crippen LogP contribution in [0.15, 0.2) is 35.7 Å². The SMILES string of the molecule is COC(=O)C(C)Sc1ncc2ccccn12. The molecule has 2 aromatic heterocycles. The second kappa shape index (κ2) is 4.57. The van der Waals surface area contributed by atoms with Crippen LogP contribution < -0.4 is 0 Å². The number of imidazole rings is 1. The maximum atomic E-state index is 11.3. The van der Waals surface area contributed by atoms with Crippen LogP contribution in [-0.2, 0) is 9.53 Å².